The summed E-state index contributed by atoms with van der Waals surface area (Å²) in [7, 11) is 0. The monoisotopic (exact) mass is 417 g/mol. The second-order valence-corrected chi connectivity index (χ2v) is 7.07. The van der Waals surface area contributed by atoms with Gasteiger partial charge in [-0.1, -0.05) is 35.3 Å². The van der Waals surface area contributed by atoms with Gasteiger partial charge in [-0.3, -0.25) is 4.79 Å². The van der Waals surface area contributed by atoms with Crippen LogP contribution in [0, 0.1) is 0 Å². The van der Waals surface area contributed by atoms with Gasteiger partial charge in [-0.05, 0) is 55.0 Å². The van der Waals surface area contributed by atoms with Crippen LogP contribution in [0.25, 0.3) is 5.70 Å². The molecule has 0 aliphatic heterocycles. The Kier molecular flexibility index (Phi) is 6.11. The number of aliphatic imine (C=N–C) groups is 1. The molecule has 1 amide bonds. The molecule has 0 atom stereocenters. The van der Waals surface area contributed by atoms with Gasteiger partial charge in [0.25, 0.3) is 5.91 Å². The van der Waals surface area contributed by atoms with E-state index in [1.54, 1.807) is 12.1 Å². The van der Waals surface area contributed by atoms with E-state index in [2.05, 4.69) is 9.98 Å². The number of aromatic carboxylic acids is 1. The van der Waals surface area contributed by atoms with Gasteiger partial charge in [-0.2, -0.15) is 0 Å². The van der Waals surface area contributed by atoms with Crippen molar-refractivity contribution in [1.82, 2.24) is 4.98 Å². The Morgan fingerprint density at radius 3 is 2.32 bits per heavy atom. The minimum absolute atomic E-state index is 0.000389. The molecule has 1 heterocycles. The number of nitrogens with zero attached hydrogens (tertiary/aromatic N) is 2. The van der Waals surface area contributed by atoms with Crippen LogP contribution in [-0.2, 0) is 0 Å². The van der Waals surface area contributed by atoms with Crippen LogP contribution in [0.2, 0.25) is 10.2 Å². The van der Waals surface area contributed by atoms with Gasteiger partial charge in [0.05, 0.1) is 16.1 Å². The summed E-state index contributed by atoms with van der Waals surface area (Å²) in [5.74, 6) is -1.57. The van der Waals surface area contributed by atoms with E-state index in [9.17, 15) is 9.59 Å². The molecule has 6 nitrogen and oxygen atoms in total. The van der Waals surface area contributed by atoms with Crippen molar-refractivity contribution in [2.75, 3.05) is 0 Å². The van der Waals surface area contributed by atoms with E-state index >= 15 is 0 Å². The molecule has 28 heavy (non-hydrogen) atoms. The maximum absolute atomic E-state index is 12.7. The van der Waals surface area contributed by atoms with Crippen molar-refractivity contribution in [2.24, 2.45) is 10.7 Å². The average Bonchev–Trinajstić information content (AvgIpc) is 2.68. The molecule has 144 valence electrons. The maximum Gasteiger partial charge on any atom is 0.335 e. The molecular weight excluding hydrogens is 401 g/mol. The number of aromatic nitrogens is 1. The van der Waals surface area contributed by atoms with Crippen LogP contribution in [0.15, 0.2) is 47.1 Å². The number of carbonyl (C=O) groups excluding carboxylic acids is 1. The van der Waals surface area contributed by atoms with Crippen molar-refractivity contribution in [3.05, 3.63) is 69.0 Å². The van der Waals surface area contributed by atoms with Gasteiger partial charge in [0, 0.05) is 17.6 Å². The largest absolute Gasteiger partial charge is 0.478 e. The van der Waals surface area contributed by atoms with Crippen LogP contribution in [0.5, 0.6) is 0 Å². The van der Waals surface area contributed by atoms with Gasteiger partial charge in [0.1, 0.15) is 5.15 Å². The zero-order valence-corrected chi connectivity index (χ0v) is 16.3. The van der Waals surface area contributed by atoms with E-state index in [1.807, 2.05) is 0 Å². The molecule has 0 spiro atoms. The lowest BCUT2D eigenvalue weighted by molar-refractivity contribution is 0.0696. The lowest BCUT2D eigenvalue weighted by Gasteiger charge is -2.20. The maximum atomic E-state index is 12.7. The van der Waals surface area contributed by atoms with Crippen molar-refractivity contribution in [3.8, 4) is 0 Å². The Balaban J connectivity index is 1.99. The topological polar surface area (TPSA) is 106 Å². The van der Waals surface area contributed by atoms with Crippen LogP contribution in [0.1, 0.15) is 52.0 Å². The summed E-state index contributed by atoms with van der Waals surface area (Å²) in [5, 5.41) is 9.22. The molecule has 1 fully saturated rings. The van der Waals surface area contributed by atoms with Crippen LogP contribution >= 0.6 is 23.2 Å². The number of benzene rings is 1. The van der Waals surface area contributed by atoms with Crippen molar-refractivity contribution < 1.29 is 14.7 Å². The number of hydrogen-bond donors (Lipinski definition) is 2. The van der Waals surface area contributed by atoms with Crippen LogP contribution in [0.3, 0.4) is 0 Å². The lowest BCUT2D eigenvalue weighted by atomic mass is 9.89. The predicted molar refractivity (Wildman–Crippen MR) is 109 cm³/mol. The normalized spacial score (nSPS) is 17.4. The van der Waals surface area contributed by atoms with Crippen molar-refractivity contribution in [2.45, 2.75) is 25.7 Å². The molecule has 1 aliphatic carbocycles. The van der Waals surface area contributed by atoms with E-state index in [-0.39, 0.29) is 21.3 Å². The first-order valence-corrected chi connectivity index (χ1v) is 9.38. The third kappa shape index (κ3) is 4.24. The summed E-state index contributed by atoms with van der Waals surface area (Å²) in [6.45, 7) is 0. The molecule has 0 radical (unpaired) electrons. The molecule has 1 aliphatic rings. The van der Waals surface area contributed by atoms with Crippen LogP contribution < -0.4 is 5.73 Å². The number of allylic oxidation sites excluding steroid dienone is 1. The summed E-state index contributed by atoms with van der Waals surface area (Å²) in [4.78, 5) is 31.8. The Morgan fingerprint density at radius 1 is 1.04 bits per heavy atom. The number of halogens is 2. The van der Waals surface area contributed by atoms with Gasteiger partial charge in [-0.15, -0.1) is 0 Å². The number of rotatable bonds is 3. The van der Waals surface area contributed by atoms with Gasteiger partial charge in [-0.25, -0.2) is 14.8 Å². The highest BCUT2D eigenvalue weighted by Crippen LogP contribution is 2.29. The summed E-state index contributed by atoms with van der Waals surface area (Å²) in [6, 6.07) is 7.76. The summed E-state index contributed by atoms with van der Waals surface area (Å²) in [6.07, 6.45) is 4.50. The zero-order chi connectivity index (χ0) is 20.3. The number of nitrogens with two attached hydrogens (primary N) is 1. The fraction of sp³-hybridized carbons (Fsp3) is 0.200. The van der Waals surface area contributed by atoms with E-state index in [4.69, 9.17) is 34.0 Å². The van der Waals surface area contributed by atoms with E-state index < -0.39 is 11.9 Å². The zero-order valence-electron chi connectivity index (χ0n) is 14.8. The third-order valence-electron chi connectivity index (χ3n) is 4.51. The molecule has 3 N–H and O–H groups in total. The molecular formula is C20H17Cl2N3O3. The first kappa shape index (κ1) is 20.0. The Hall–Kier alpha value is -2.70. The quantitative estimate of drug-likeness (QED) is 0.708. The van der Waals surface area contributed by atoms with E-state index in [0.717, 1.165) is 18.4 Å². The molecule has 0 saturated heterocycles. The molecule has 8 heteroatoms. The van der Waals surface area contributed by atoms with E-state index in [1.165, 1.54) is 24.4 Å². The number of carbonyl (C=O) groups is 2. The van der Waals surface area contributed by atoms with Gasteiger partial charge in [0.2, 0.25) is 0 Å². The number of hydrogen-bond acceptors (Lipinski definition) is 4. The molecule has 1 saturated carbocycles. The number of pyridine rings is 1. The molecule has 0 unspecified atom stereocenters. The fourth-order valence-electron chi connectivity index (χ4n) is 3.05. The number of carboxylic acids is 1. The van der Waals surface area contributed by atoms with Crippen LogP contribution in [-0.4, -0.2) is 27.7 Å². The Labute approximate surface area is 171 Å². The Bertz CT molecular complexity index is 978. The minimum atomic E-state index is -1.01. The predicted octanol–water partition coefficient (Wildman–Crippen LogP) is 4.61. The van der Waals surface area contributed by atoms with Crippen molar-refractivity contribution >= 4 is 46.5 Å². The van der Waals surface area contributed by atoms with Gasteiger partial charge < -0.3 is 10.8 Å². The highest BCUT2D eigenvalue weighted by molar-refractivity contribution is 6.39. The molecule has 3 rings (SSSR count). The molecule has 1 aromatic carbocycles. The number of amides is 1. The molecule has 2 aromatic rings. The average molecular weight is 418 g/mol. The highest BCUT2D eigenvalue weighted by atomic mass is 35.5. The lowest BCUT2D eigenvalue weighted by Crippen LogP contribution is -2.17. The summed E-state index contributed by atoms with van der Waals surface area (Å²) >= 11 is 12.1. The minimum Gasteiger partial charge on any atom is -0.478 e. The molecule has 0 bridgehead atoms. The summed E-state index contributed by atoms with van der Waals surface area (Å²) < 4.78 is 0. The van der Waals surface area contributed by atoms with Crippen LogP contribution in [0.4, 0.5) is 0 Å². The SMILES string of the molecule is NC(=C1CCCCC1=NC(=O)c1c(Cl)ccnc1Cl)c1ccc(C(=O)O)cc1. The highest BCUT2D eigenvalue weighted by Gasteiger charge is 2.21. The van der Waals surface area contributed by atoms with E-state index in [0.29, 0.717) is 29.8 Å². The van der Waals surface area contributed by atoms with Gasteiger partial charge in [0.15, 0.2) is 0 Å². The van der Waals surface area contributed by atoms with Gasteiger partial charge >= 0.3 is 5.97 Å². The van der Waals surface area contributed by atoms with Crippen molar-refractivity contribution in [3.63, 3.8) is 0 Å². The second kappa shape index (κ2) is 8.54. The first-order valence-electron chi connectivity index (χ1n) is 8.63. The second-order valence-electron chi connectivity index (χ2n) is 6.30. The smallest absolute Gasteiger partial charge is 0.335 e. The molecule has 1 aromatic heterocycles. The summed E-state index contributed by atoms with van der Waals surface area (Å²) in [5.41, 5.74) is 9.10. The first-order chi connectivity index (χ1) is 13.4. The third-order valence-corrected chi connectivity index (χ3v) is 5.11. The van der Waals surface area contributed by atoms with Crippen molar-refractivity contribution in [1.29, 1.82) is 0 Å². The standard InChI is InChI=1S/C20H17Cl2N3O3/c21-14-9-10-24-18(22)16(14)19(26)25-15-4-2-1-3-13(15)17(23)11-5-7-12(8-6-11)20(27)28/h5-10H,1-4,23H2,(H,27,28). The Morgan fingerprint density at radius 2 is 1.68 bits per heavy atom. The number of carboxylic acid groups (broad SMARTS) is 1. The fourth-order valence-corrected chi connectivity index (χ4v) is 3.57.